The first-order chi connectivity index (χ1) is 13.6. The summed E-state index contributed by atoms with van der Waals surface area (Å²) in [7, 11) is 0. The van der Waals surface area contributed by atoms with E-state index in [9.17, 15) is 29.1 Å². The lowest BCUT2D eigenvalue weighted by molar-refractivity contribution is -0.153. The van der Waals surface area contributed by atoms with Gasteiger partial charge in [-0.2, -0.15) is 0 Å². The summed E-state index contributed by atoms with van der Waals surface area (Å²) in [6.45, 7) is 1.22. The highest BCUT2D eigenvalue weighted by Gasteiger charge is 2.47. The lowest BCUT2D eigenvalue weighted by Gasteiger charge is -2.32. The number of nitrogens with one attached hydrogen (secondary N) is 1. The minimum Gasteiger partial charge on any atom is -0.481 e. The first kappa shape index (κ1) is 22.0. The van der Waals surface area contributed by atoms with Crippen LogP contribution < -0.4 is 11.1 Å². The van der Waals surface area contributed by atoms with Crippen LogP contribution in [0.3, 0.4) is 0 Å². The number of benzene rings is 1. The lowest BCUT2D eigenvalue weighted by Crippen LogP contribution is -2.64. The van der Waals surface area contributed by atoms with Crippen LogP contribution in [0.25, 0.3) is 0 Å². The van der Waals surface area contributed by atoms with Gasteiger partial charge >= 0.3 is 11.9 Å². The van der Waals surface area contributed by atoms with E-state index in [2.05, 4.69) is 5.32 Å². The standard InChI is InChI=1S/C19H23N3O7/c1-19(20,18(29)22-9-5-8-13(22)17(27)28)15(25)12(10-14(23)24)21-16(26)11-6-3-2-4-7-11/h2-4,6-7,12-13H,5,8-10,20H2,1H3,(H,21,26)(H,23,24)(H,27,28)/t12-,13-,19+/m0/s1. The van der Waals surface area contributed by atoms with Gasteiger partial charge < -0.3 is 26.2 Å². The van der Waals surface area contributed by atoms with Gasteiger partial charge in [0.2, 0.25) is 0 Å². The molecule has 0 spiro atoms. The van der Waals surface area contributed by atoms with E-state index in [1.165, 1.54) is 12.1 Å². The molecule has 0 bridgehead atoms. The Hall–Kier alpha value is -3.27. The Morgan fingerprint density at radius 3 is 2.38 bits per heavy atom. The Kier molecular flexibility index (Phi) is 6.70. The number of Topliss-reactive ketones (excluding diaryl/α,β-unsaturated/α-hetero) is 1. The summed E-state index contributed by atoms with van der Waals surface area (Å²) in [5.74, 6) is -5.21. The lowest BCUT2D eigenvalue weighted by atomic mass is 9.88. The molecule has 1 fully saturated rings. The molecule has 2 rings (SSSR count). The van der Waals surface area contributed by atoms with Gasteiger partial charge in [0.05, 0.1) is 6.42 Å². The normalized spacial score (nSPS) is 19.1. The summed E-state index contributed by atoms with van der Waals surface area (Å²) >= 11 is 0. The van der Waals surface area contributed by atoms with Crippen LogP contribution in [0.5, 0.6) is 0 Å². The number of aliphatic carboxylic acids is 2. The second kappa shape index (κ2) is 8.82. The number of carboxylic acids is 2. The number of hydrogen-bond acceptors (Lipinski definition) is 6. The van der Waals surface area contributed by atoms with Crippen LogP contribution in [-0.2, 0) is 19.2 Å². The summed E-state index contributed by atoms with van der Waals surface area (Å²) in [5.41, 5.74) is 3.95. The molecule has 5 N–H and O–H groups in total. The van der Waals surface area contributed by atoms with Gasteiger partial charge in [-0.25, -0.2) is 4.79 Å². The smallest absolute Gasteiger partial charge is 0.326 e. The number of hydrogen-bond donors (Lipinski definition) is 4. The van der Waals surface area contributed by atoms with Gasteiger partial charge in [0, 0.05) is 12.1 Å². The number of likely N-dealkylation sites (tertiary alicyclic amines) is 1. The van der Waals surface area contributed by atoms with Crippen molar-refractivity contribution in [2.45, 2.75) is 43.8 Å². The minimum atomic E-state index is -2.21. The molecule has 1 aromatic carbocycles. The predicted molar refractivity (Wildman–Crippen MR) is 99.9 cm³/mol. The number of ketones is 1. The molecule has 1 aliphatic heterocycles. The fraction of sp³-hybridized carbons (Fsp3) is 0.421. The fourth-order valence-electron chi connectivity index (χ4n) is 3.25. The number of rotatable bonds is 8. The van der Waals surface area contributed by atoms with Gasteiger partial charge in [-0.05, 0) is 31.9 Å². The van der Waals surface area contributed by atoms with E-state index in [0.717, 1.165) is 11.8 Å². The second-order valence-corrected chi connectivity index (χ2v) is 7.05. The first-order valence-electron chi connectivity index (χ1n) is 9.00. The quantitative estimate of drug-likeness (QED) is 0.425. The summed E-state index contributed by atoms with van der Waals surface area (Å²) in [4.78, 5) is 61.7. The molecule has 0 saturated carbocycles. The first-order valence-corrected chi connectivity index (χ1v) is 9.00. The van der Waals surface area contributed by atoms with Crippen LogP contribution in [0.15, 0.2) is 30.3 Å². The number of carbonyl (C=O) groups excluding carboxylic acids is 3. The molecule has 1 aliphatic rings. The third-order valence-corrected chi connectivity index (χ3v) is 4.79. The van der Waals surface area contributed by atoms with Crippen molar-refractivity contribution in [2.75, 3.05) is 6.54 Å². The van der Waals surface area contributed by atoms with Crippen molar-refractivity contribution >= 4 is 29.5 Å². The zero-order valence-electron chi connectivity index (χ0n) is 15.8. The highest BCUT2D eigenvalue weighted by molar-refractivity contribution is 6.14. The maximum atomic E-state index is 12.9. The van der Waals surface area contributed by atoms with Crippen molar-refractivity contribution in [3.8, 4) is 0 Å². The molecule has 10 nitrogen and oxygen atoms in total. The van der Waals surface area contributed by atoms with E-state index in [0.29, 0.717) is 6.42 Å². The van der Waals surface area contributed by atoms with E-state index in [1.54, 1.807) is 18.2 Å². The Balaban J connectivity index is 2.24. The number of nitrogens with two attached hydrogens (primary N) is 1. The molecule has 0 aromatic heterocycles. The Morgan fingerprint density at radius 1 is 1.21 bits per heavy atom. The predicted octanol–water partition coefficient (Wildman–Crippen LogP) is -0.378. The van der Waals surface area contributed by atoms with Crippen LogP contribution in [0.2, 0.25) is 0 Å². The van der Waals surface area contributed by atoms with Crippen LogP contribution in [0.4, 0.5) is 0 Å². The molecule has 1 heterocycles. The van der Waals surface area contributed by atoms with Crippen molar-refractivity contribution in [3.63, 3.8) is 0 Å². The molecule has 3 atom stereocenters. The molecule has 1 aromatic rings. The summed E-state index contributed by atoms with van der Waals surface area (Å²) < 4.78 is 0. The van der Waals surface area contributed by atoms with Crippen molar-refractivity contribution in [1.82, 2.24) is 10.2 Å². The van der Waals surface area contributed by atoms with E-state index in [4.69, 9.17) is 10.8 Å². The van der Waals surface area contributed by atoms with E-state index in [1.807, 2.05) is 0 Å². The summed E-state index contributed by atoms with van der Waals surface area (Å²) in [5, 5.41) is 20.7. The molecular weight excluding hydrogens is 382 g/mol. The minimum absolute atomic E-state index is 0.121. The molecule has 10 heteroatoms. The zero-order valence-corrected chi connectivity index (χ0v) is 15.8. The number of amides is 2. The molecule has 156 valence electrons. The fourth-order valence-corrected chi connectivity index (χ4v) is 3.25. The van der Waals surface area contributed by atoms with Gasteiger partial charge in [-0.1, -0.05) is 18.2 Å². The van der Waals surface area contributed by atoms with Crippen molar-refractivity contribution in [1.29, 1.82) is 0 Å². The molecule has 2 amide bonds. The van der Waals surface area contributed by atoms with Crippen molar-refractivity contribution in [3.05, 3.63) is 35.9 Å². The van der Waals surface area contributed by atoms with Crippen LogP contribution in [-0.4, -0.2) is 68.8 Å². The van der Waals surface area contributed by atoms with E-state index in [-0.39, 0.29) is 18.5 Å². The van der Waals surface area contributed by atoms with Gasteiger partial charge in [-0.3, -0.25) is 19.2 Å². The zero-order chi connectivity index (χ0) is 21.8. The Labute approximate surface area is 166 Å². The number of carboxylic acid groups (broad SMARTS) is 2. The third-order valence-electron chi connectivity index (χ3n) is 4.79. The van der Waals surface area contributed by atoms with Gasteiger partial charge in [0.25, 0.3) is 11.8 Å². The third kappa shape index (κ3) is 4.96. The Bertz CT molecular complexity index is 822. The van der Waals surface area contributed by atoms with Crippen LogP contribution in [0.1, 0.15) is 36.5 Å². The molecule has 0 unspecified atom stereocenters. The molecule has 0 radical (unpaired) electrons. The Morgan fingerprint density at radius 2 is 1.83 bits per heavy atom. The molecule has 1 saturated heterocycles. The van der Waals surface area contributed by atoms with Crippen molar-refractivity contribution in [2.24, 2.45) is 5.73 Å². The SMILES string of the molecule is C[C@@](N)(C(=O)[C@H](CC(=O)O)NC(=O)c1ccccc1)C(=O)N1CCC[C@H]1C(=O)O. The monoisotopic (exact) mass is 405 g/mol. The molecule has 0 aliphatic carbocycles. The number of nitrogens with zero attached hydrogens (tertiary/aromatic N) is 1. The maximum Gasteiger partial charge on any atom is 0.326 e. The van der Waals surface area contributed by atoms with Crippen LogP contribution in [0, 0.1) is 0 Å². The van der Waals surface area contributed by atoms with Crippen molar-refractivity contribution < 1.29 is 34.2 Å². The highest BCUT2D eigenvalue weighted by atomic mass is 16.4. The second-order valence-electron chi connectivity index (χ2n) is 7.05. The molecule has 29 heavy (non-hydrogen) atoms. The summed E-state index contributed by atoms with van der Waals surface area (Å²) in [6, 6.07) is 5.16. The number of carbonyl (C=O) groups is 5. The van der Waals surface area contributed by atoms with Gasteiger partial charge in [0.15, 0.2) is 11.3 Å². The average molecular weight is 405 g/mol. The molecular formula is C19H23N3O7. The van der Waals surface area contributed by atoms with Gasteiger partial charge in [-0.15, -0.1) is 0 Å². The summed E-state index contributed by atoms with van der Waals surface area (Å²) in [6.07, 6.45) is -0.106. The van der Waals surface area contributed by atoms with Gasteiger partial charge in [0.1, 0.15) is 12.1 Å². The maximum absolute atomic E-state index is 12.9. The van der Waals surface area contributed by atoms with Crippen LogP contribution >= 0.6 is 0 Å². The average Bonchev–Trinajstić information content (AvgIpc) is 3.16. The topological polar surface area (TPSA) is 167 Å². The highest BCUT2D eigenvalue weighted by Crippen LogP contribution is 2.22. The van der Waals surface area contributed by atoms with E-state index >= 15 is 0 Å². The largest absolute Gasteiger partial charge is 0.481 e. The van der Waals surface area contributed by atoms with E-state index < -0.39 is 53.6 Å².